The van der Waals surface area contributed by atoms with E-state index in [0.29, 0.717) is 12.8 Å². The number of carbonyl (C=O) groups excluding carboxylic acids is 1. The first-order chi connectivity index (χ1) is 9.56. The summed E-state index contributed by atoms with van der Waals surface area (Å²) in [6, 6.07) is 7.37. The number of thiophene rings is 1. The number of aryl methyl sites for hydroxylation is 1. The number of carboxylic acids is 1. The van der Waals surface area contributed by atoms with Gasteiger partial charge in [0.2, 0.25) is 5.91 Å². The van der Waals surface area contributed by atoms with Crippen LogP contribution in [0.15, 0.2) is 35.7 Å². The monoisotopic (exact) mass is 293 g/mol. The first-order valence-electron chi connectivity index (χ1n) is 5.91. The molecular weight excluding hydrogens is 281 g/mol. The molecule has 0 aliphatic heterocycles. The molecule has 0 spiro atoms. The Bertz CT molecular complexity index is 625. The summed E-state index contributed by atoms with van der Waals surface area (Å²) in [5, 5.41) is 13.2. The lowest BCUT2D eigenvalue weighted by atomic mass is 10.2. The van der Waals surface area contributed by atoms with E-state index < -0.39 is 17.3 Å². The van der Waals surface area contributed by atoms with Gasteiger partial charge in [-0.15, -0.1) is 11.3 Å². The van der Waals surface area contributed by atoms with Crippen molar-refractivity contribution < 1.29 is 19.1 Å². The molecule has 0 bridgehead atoms. The van der Waals surface area contributed by atoms with E-state index in [2.05, 4.69) is 5.32 Å². The van der Waals surface area contributed by atoms with Gasteiger partial charge >= 0.3 is 5.97 Å². The average Bonchev–Trinajstić information content (AvgIpc) is 2.89. The van der Waals surface area contributed by atoms with Crippen LogP contribution in [0.3, 0.4) is 0 Å². The Morgan fingerprint density at radius 3 is 2.70 bits per heavy atom. The van der Waals surface area contributed by atoms with E-state index >= 15 is 0 Å². The summed E-state index contributed by atoms with van der Waals surface area (Å²) >= 11 is 1.57. The third kappa shape index (κ3) is 3.64. The number of rotatable bonds is 5. The summed E-state index contributed by atoms with van der Waals surface area (Å²) in [4.78, 5) is 23.5. The molecule has 2 aromatic rings. The van der Waals surface area contributed by atoms with Crippen molar-refractivity contribution in [2.75, 3.05) is 5.32 Å². The van der Waals surface area contributed by atoms with Gasteiger partial charge in [0.25, 0.3) is 0 Å². The highest BCUT2D eigenvalue weighted by Gasteiger charge is 2.11. The van der Waals surface area contributed by atoms with Gasteiger partial charge in [0, 0.05) is 17.0 Å². The molecule has 0 unspecified atom stereocenters. The van der Waals surface area contributed by atoms with Gasteiger partial charge in [-0.3, -0.25) is 4.79 Å². The lowest BCUT2D eigenvalue weighted by Gasteiger charge is -2.06. The maximum atomic E-state index is 13.4. The Morgan fingerprint density at radius 1 is 1.30 bits per heavy atom. The molecule has 0 aliphatic rings. The van der Waals surface area contributed by atoms with Gasteiger partial charge in [-0.2, -0.15) is 0 Å². The number of carbonyl (C=O) groups is 2. The Labute approximate surface area is 118 Å². The van der Waals surface area contributed by atoms with E-state index in [1.165, 1.54) is 6.07 Å². The second kappa shape index (κ2) is 6.29. The molecule has 0 radical (unpaired) electrons. The van der Waals surface area contributed by atoms with Crippen molar-refractivity contribution in [1.82, 2.24) is 0 Å². The van der Waals surface area contributed by atoms with Crippen LogP contribution < -0.4 is 5.32 Å². The molecule has 2 N–H and O–H groups in total. The van der Waals surface area contributed by atoms with Crippen molar-refractivity contribution in [2.24, 2.45) is 0 Å². The van der Waals surface area contributed by atoms with Gasteiger partial charge in [-0.05, 0) is 36.1 Å². The lowest BCUT2D eigenvalue weighted by molar-refractivity contribution is -0.116. The number of carboxylic acid groups (broad SMARTS) is 1. The SMILES string of the molecule is O=C(CCc1cccs1)Nc1ccc(C(=O)O)c(F)c1. The van der Waals surface area contributed by atoms with E-state index in [4.69, 9.17) is 5.11 Å². The van der Waals surface area contributed by atoms with E-state index in [1.807, 2.05) is 17.5 Å². The molecular formula is C14H12FNO3S. The first-order valence-corrected chi connectivity index (χ1v) is 6.79. The second-order valence-electron chi connectivity index (χ2n) is 4.13. The molecule has 1 aromatic carbocycles. The minimum atomic E-state index is -1.34. The summed E-state index contributed by atoms with van der Waals surface area (Å²) in [5.41, 5.74) is -0.162. The Balaban J connectivity index is 1.94. The van der Waals surface area contributed by atoms with E-state index in [0.717, 1.165) is 17.0 Å². The quantitative estimate of drug-likeness (QED) is 0.890. The van der Waals surface area contributed by atoms with Gasteiger partial charge in [-0.1, -0.05) is 6.07 Å². The number of anilines is 1. The topological polar surface area (TPSA) is 66.4 Å². The third-order valence-electron chi connectivity index (χ3n) is 2.66. The standard InChI is InChI=1S/C14H12FNO3S/c15-12-8-9(3-5-11(12)14(18)19)16-13(17)6-4-10-2-1-7-20-10/h1-3,5,7-8H,4,6H2,(H,16,17)(H,18,19). The molecule has 2 rings (SSSR count). The Hall–Kier alpha value is -2.21. The van der Waals surface area contributed by atoms with Crippen LogP contribution in [0.25, 0.3) is 0 Å². The van der Waals surface area contributed by atoms with Gasteiger partial charge in [0.05, 0.1) is 5.56 Å². The molecule has 104 valence electrons. The normalized spacial score (nSPS) is 10.2. The number of aromatic carboxylic acids is 1. The van der Waals surface area contributed by atoms with Crippen LogP contribution in [0, 0.1) is 5.82 Å². The van der Waals surface area contributed by atoms with Crippen LogP contribution in [0.5, 0.6) is 0 Å². The van der Waals surface area contributed by atoms with Gasteiger partial charge in [0.15, 0.2) is 0 Å². The average molecular weight is 293 g/mol. The van der Waals surface area contributed by atoms with Crippen LogP contribution in [-0.2, 0) is 11.2 Å². The summed E-state index contributed by atoms with van der Waals surface area (Å²) in [5.74, 6) is -2.44. The Kier molecular flexibility index (Phi) is 4.47. The number of hydrogen-bond acceptors (Lipinski definition) is 3. The van der Waals surface area contributed by atoms with Crippen LogP contribution in [0.2, 0.25) is 0 Å². The predicted octanol–water partition coefficient (Wildman–Crippen LogP) is 3.16. The molecule has 0 atom stereocenters. The van der Waals surface area contributed by atoms with Crippen LogP contribution in [0.1, 0.15) is 21.7 Å². The van der Waals surface area contributed by atoms with E-state index in [9.17, 15) is 14.0 Å². The molecule has 0 fully saturated rings. The van der Waals surface area contributed by atoms with Gasteiger partial charge < -0.3 is 10.4 Å². The summed E-state index contributed by atoms with van der Waals surface area (Å²) in [7, 11) is 0. The van der Waals surface area contributed by atoms with Gasteiger partial charge in [0.1, 0.15) is 5.82 Å². The fourth-order valence-electron chi connectivity index (χ4n) is 1.68. The zero-order valence-electron chi connectivity index (χ0n) is 10.4. The molecule has 1 aromatic heterocycles. The molecule has 1 amide bonds. The van der Waals surface area contributed by atoms with E-state index in [1.54, 1.807) is 11.3 Å². The summed E-state index contributed by atoms with van der Waals surface area (Å²) < 4.78 is 13.4. The number of hydrogen-bond donors (Lipinski definition) is 2. The fraction of sp³-hybridized carbons (Fsp3) is 0.143. The van der Waals surface area contributed by atoms with Crippen molar-refractivity contribution in [3.05, 3.63) is 52.0 Å². The predicted molar refractivity (Wildman–Crippen MR) is 74.6 cm³/mol. The zero-order valence-corrected chi connectivity index (χ0v) is 11.2. The largest absolute Gasteiger partial charge is 0.478 e. The van der Waals surface area contributed by atoms with E-state index in [-0.39, 0.29) is 11.6 Å². The molecule has 4 nitrogen and oxygen atoms in total. The molecule has 1 heterocycles. The zero-order chi connectivity index (χ0) is 14.5. The number of amides is 1. The molecule has 20 heavy (non-hydrogen) atoms. The van der Waals surface area contributed by atoms with Crippen LogP contribution >= 0.6 is 11.3 Å². The highest BCUT2D eigenvalue weighted by atomic mass is 32.1. The smallest absolute Gasteiger partial charge is 0.338 e. The molecule has 0 saturated heterocycles. The van der Waals surface area contributed by atoms with Crippen LogP contribution in [-0.4, -0.2) is 17.0 Å². The highest BCUT2D eigenvalue weighted by molar-refractivity contribution is 7.09. The molecule has 0 saturated carbocycles. The highest BCUT2D eigenvalue weighted by Crippen LogP contribution is 2.16. The maximum Gasteiger partial charge on any atom is 0.338 e. The molecule has 6 heteroatoms. The summed E-state index contributed by atoms with van der Waals surface area (Å²) in [6.45, 7) is 0. The fourth-order valence-corrected chi connectivity index (χ4v) is 2.39. The minimum absolute atomic E-state index is 0.235. The van der Waals surface area contributed by atoms with Crippen molar-refractivity contribution in [1.29, 1.82) is 0 Å². The first kappa shape index (κ1) is 14.2. The van der Waals surface area contributed by atoms with Crippen molar-refractivity contribution in [3.8, 4) is 0 Å². The molecule has 0 aliphatic carbocycles. The summed E-state index contributed by atoms with van der Waals surface area (Å²) in [6.07, 6.45) is 0.919. The third-order valence-corrected chi connectivity index (χ3v) is 3.60. The number of nitrogens with one attached hydrogen (secondary N) is 1. The lowest BCUT2D eigenvalue weighted by Crippen LogP contribution is -2.12. The number of halogens is 1. The van der Waals surface area contributed by atoms with Crippen LogP contribution in [0.4, 0.5) is 10.1 Å². The van der Waals surface area contributed by atoms with Crippen molar-refractivity contribution in [2.45, 2.75) is 12.8 Å². The van der Waals surface area contributed by atoms with Crippen molar-refractivity contribution >= 4 is 28.9 Å². The van der Waals surface area contributed by atoms with Gasteiger partial charge in [-0.25, -0.2) is 9.18 Å². The second-order valence-corrected chi connectivity index (χ2v) is 5.16. The minimum Gasteiger partial charge on any atom is -0.478 e. The maximum absolute atomic E-state index is 13.4. The van der Waals surface area contributed by atoms with Crippen molar-refractivity contribution in [3.63, 3.8) is 0 Å². The Morgan fingerprint density at radius 2 is 2.10 bits per heavy atom. The number of benzene rings is 1.